The first-order valence-electron chi connectivity index (χ1n) is 6.80. The molecule has 0 spiro atoms. The summed E-state index contributed by atoms with van der Waals surface area (Å²) in [6, 6.07) is 0. The van der Waals surface area contributed by atoms with Gasteiger partial charge < -0.3 is 20.1 Å². The maximum atomic E-state index is 11.4. The Morgan fingerprint density at radius 2 is 1.53 bits per heavy atom. The second-order valence-corrected chi connectivity index (χ2v) is 6.41. The first kappa shape index (κ1) is 11.7. The molecule has 9 atom stereocenters. The minimum absolute atomic E-state index is 0.0375. The van der Waals surface area contributed by atoms with Crippen LogP contribution in [0, 0.1) is 35.5 Å². The van der Waals surface area contributed by atoms with Crippen LogP contribution in [0.3, 0.4) is 0 Å². The molecule has 4 bridgehead atoms. The molecule has 4 fully saturated rings. The highest BCUT2D eigenvalue weighted by Gasteiger charge is 2.71. The van der Waals surface area contributed by atoms with Crippen LogP contribution < -0.4 is 0 Å². The average Bonchev–Trinajstić information content (AvgIpc) is 3.01. The van der Waals surface area contributed by atoms with Crippen molar-refractivity contribution in [3.8, 4) is 0 Å². The molecule has 0 aromatic rings. The second kappa shape index (κ2) is 3.49. The molecule has 2 saturated heterocycles. The quantitative estimate of drug-likeness (QED) is 0.641. The third kappa shape index (κ3) is 1.24. The van der Waals surface area contributed by atoms with E-state index in [1.54, 1.807) is 0 Å². The molecule has 104 valence electrons. The highest BCUT2D eigenvalue weighted by molar-refractivity contribution is 5.82. The Kier molecular flexibility index (Phi) is 2.14. The van der Waals surface area contributed by atoms with Gasteiger partial charge in [0.05, 0.1) is 30.1 Å². The molecular formula is C13H16O6. The second-order valence-electron chi connectivity index (χ2n) is 6.41. The number of hydrogen-bond donors (Lipinski definition) is 3. The number of aliphatic hydroxyl groups is 1. The van der Waals surface area contributed by atoms with Crippen molar-refractivity contribution in [2.75, 3.05) is 0 Å². The van der Waals surface area contributed by atoms with E-state index in [-0.39, 0.29) is 23.9 Å². The van der Waals surface area contributed by atoms with Crippen LogP contribution in [0.2, 0.25) is 0 Å². The SMILES string of the molecule is O=C(O)C1C2OC(C1C(=O)O)C1C3CC(CC3O)C21. The zero-order valence-corrected chi connectivity index (χ0v) is 10.2. The number of rotatable bonds is 2. The summed E-state index contributed by atoms with van der Waals surface area (Å²) in [5.41, 5.74) is 0. The molecule has 0 aromatic heterocycles. The van der Waals surface area contributed by atoms with Crippen molar-refractivity contribution in [3.63, 3.8) is 0 Å². The van der Waals surface area contributed by atoms with Gasteiger partial charge in [-0.3, -0.25) is 9.59 Å². The highest BCUT2D eigenvalue weighted by atomic mass is 16.5. The maximum Gasteiger partial charge on any atom is 0.310 e. The van der Waals surface area contributed by atoms with Gasteiger partial charge in [0.2, 0.25) is 0 Å². The number of aliphatic hydroxyl groups excluding tert-OH is 1. The van der Waals surface area contributed by atoms with E-state index >= 15 is 0 Å². The van der Waals surface area contributed by atoms with Gasteiger partial charge in [0.25, 0.3) is 0 Å². The van der Waals surface area contributed by atoms with Crippen molar-refractivity contribution in [2.24, 2.45) is 35.5 Å². The van der Waals surface area contributed by atoms with Gasteiger partial charge in [-0.1, -0.05) is 0 Å². The summed E-state index contributed by atoms with van der Waals surface area (Å²) in [6.07, 6.45) is 0.232. The van der Waals surface area contributed by atoms with Crippen molar-refractivity contribution in [3.05, 3.63) is 0 Å². The molecule has 6 heteroatoms. The van der Waals surface area contributed by atoms with Gasteiger partial charge in [-0.25, -0.2) is 0 Å². The summed E-state index contributed by atoms with van der Waals surface area (Å²) < 4.78 is 5.74. The van der Waals surface area contributed by atoms with Crippen molar-refractivity contribution >= 4 is 11.9 Å². The molecule has 0 radical (unpaired) electrons. The van der Waals surface area contributed by atoms with Crippen molar-refractivity contribution < 1.29 is 29.6 Å². The van der Waals surface area contributed by atoms with E-state index in [0.29, 0.717) is 12.3 Å². The molecule has 9 unspecified atom stereocenters. The van der Waals surface area contributed by atoms with Crippen LogP contribution in [0.25, 0.3) is 0 Å². The molecule has 6 nitrogen and oxygen atoms in total. The number of carboxylic acid groups (broad SMARTS) is 2. The zero-order chi connectivity index (χ0) is 13.5. The highest BCUT2D eigenvalue weighted by Crippen LogP contribution is 2.65. The molecule has 0 amide bonds. The Hall–Kier alpha value is -1.14. The van der Waals surface area contributed by atoms with Crippen LogP contribution in [-0.4, -0.2) is 45.6 Å². The average molecular weight is 268 g/mol. The van der Waals surface area contributed by atoms with E-state index in [9.17, 15) is 24.9 Å². The molecule has 2 saturated carbocycles. The molecular weight excluding hydrogens is 252 g/mol. The van der Waals surface area contributed by atoms with E-state index in [4.69, 9.17) is 4.74 Å². The minimum Gasteiger partial charge on any atom is -0.481 e. The zero-order valence-electron chi connectivity index (χ0n) is 10.2. The number of fused-ring (bicyclic) bond motifs is 9. The summed E-state index contributed by atoms with van der Waals surface area (Å²) >= 11 is 0. The predicted octanol–water partition coefficient (Wildman–Crippen LogP) is -0.198. The normalized spacial score (nSPS) is 57.4. The van der Waals surface area contributed by atoms with Crippen LogP contribution in [0.5, 0.6) is 0 Å². The van der Waals surface area contributed by atoms with Crippen LogP contribution in [0.1, 0.15) is 12.8 Å². The Balaban J connectivity index is 1.73. The largest absolute Gasteiger partial charge is 0.481 e. The first-order valence-corrected chi connectivity index (χ1v) is 6.80. The first-order chi connectivity index (χ1) is 9.00. The summed E-state index contributed by atoms with van der Waals surface area (Å²) in [5, 5.41) is 28.6. The van der Waals surface area contributed by atoms with Crippen LogP contribution in [0.15, 0.2) is 0 Å². The van der Waals surface area contributed by atoms with Gasteiger partial charge in [-0.15, -0.1) is 0 Å². The lowest BCUT2D eigenvalue weighted by molar-refractivity contribution is -0.156. The fourth-order valence-corrected chi connectivity index (χ4v) is 5.37. The minimum atomic E-state index is -1.09. The summed E-state index contributed by atoms with van der Waals surface area (Å²) in [5.74, 6) is -3.48. The van der Waals surface area contributed by atoms with Gasteiger partial charge in [0.15, 0.2) is 0 Å². The Bertz CT molecular complexity index is 462. The topological polar surface area (TPSA) is 104 Å². The van der Waals surface area contributed by atoms with Gasteiger partial charge in [0.1, 0.15) is 0 Å². The molecule has 19 heavy (non-hydrogen) atoms. The standard InChI is InChI=1S/C13H16O6/c14-5-2-3-1-4(5)7-6(3)10-8(12(15)16)9(13(17)18)11(7)19-10/h3-11,14H,1-2H2,(H,15,16)(H,17,18). The summed E-state index contributed by atoms with van der Waals surface area (Å²) in [7, 11) is 0. The van der Waals surface area contributed by atoms with E-state index in [1.165, 1.54) is 0 Å². The number of ether oxygens (including phenoxy) is 1. The van der Waals surface area contributed by atoms with Crippen molar-refractivity contribution in [1.29, 1.82) is 0 Å². The molecule has 3 N–H and O–H groups in total. The molecule has 2 heterocycles. The van der Waals surface area contributed by atoms with Crippen LogP contribution in [0.4, 0.5) is 0 Å². The molecule has 0 aromatic carbocycles. The summed E-state index contributed by atoms with van der Waals surface area (Å²) in [6.45, 7) is 0. The lowest BCUT2D eigenvalue weighted by Gasteiger charge is -2.38. The van der Waals surface area contributed by atoms with Gasteiger partial charge in [0, 0.05) is 0 Å². The van der Waals surface area contributed by atoms with E-state index < -0.39 is 36.0 Å². The molecule has 4 aliphatic rings. The van der Waals surface area contributed by atoms with E-state index in [2.05, 4.69) is 0 Å². The third-order valence-electron chi connectivity index (χ3n) is 5.83. The fraction of sp³-hybridized carbons (Fsp3) is 0.846. The third-order valence-corrected chi connectivity index (χ3v) is 5.83. The van der Waals surface area contributed by atoms with Crippen LogP contribution >= 0.6 is 0 Å². The molecule has 4 rings (SSSR count). The number of carboxylic acids is 2. The lowest BCUT2D eigenvalue weighted by atomic mass is 9.63. The number of aliphatic carboxylic acids is 2. The lowest BCUT2D eigenvalue weighted by Crippen LogP contribution is -2.50. The van der Waals surface area contributed by atoms with E-state index in [0.717, 1.165) is 6.42 Å². The van der Waals surface area contributed by atoms with Gasteiger partial charge in [-0.2, -0.15) is 0 Å². The molecule has 2 aliphatic heterocycles. The Morgan fingerprint density at radius 1 is 0.947 bits per heavy atom. The number of carbonyl (C=O) groups is 2. The Labute approximate surface area is 109 Å². The Morgan fingerprint density at radius 3 is 2.11 bits per heavy atom. The molecule has 2 aliphatic carbocycles. The van der Waals surface area contributed by atoms with Gasteiger partial charge >= 0.3 is 11.9 Å². The van der Waals surface area contributed by atoms with Crippen LogP contribution in [-0.2, 0) is 14.3 Å². The van der Waals surface area contributed by atoms with Gasteiger partial charge in [-0.05, 0) is 36.5 Å². The number of hydrogen-bond acceptors (Lipinski definition) is 4. The van der Waals surface area contributed by atoms with Crippen molar-refractivity contribution in [2.45, 2.75) is 31.2 Å². The summed E-state index contributed by atoms with van der Waals surface area (Å²) in [4.78, 5) is 22.7. The smallest absolute Gasteiger partial charge is 0.310 e. The predicted molar refractivity (Wildman–Crippen MR) is 60.1 cm³/mol. The maximum absolute atomic E-state index is 11.4. The monoisotopic (exact) mass is 268 g/mol. The fourth-order valence-electron chi connectivity index (χ4n) is 5.37. The van der Waals surface area contributed by atoms with E-state index in [1.807, 2.05) is 0 Å². The van der Waals surface area contributed by atoms with Crippen molar-refractivity contribution in [1.82, 2.24) is 0 Å².